The number of oxazole rings is 1. The molecular formula is C14H13N3O. The van der Waals surface area contributed by atoms with E-state index in [1.54, 1.807) is 12.1 Å². The van der Waals surface area contributed by atoms with E-state index in [2.05, 4.69) is 4.98 Å². The summed E-state index contributed by atoms with van der Waals surface area (Å²) in [5.74, 6) is 0.525. The van der Waals surface area contributed by atoms with Crippen LogP contribution in [0.4, 0.5) is 11.4 Å². The third kappa shape index (κ3) is 1.59. The number of nitrogens with zero attached hydrogens (tertiary/aromatic N) is 1. The molecule has 2 aromatic carbocycles. The predicted molar refractivity (Wildman–Crippen MR) is 73.0 cm³/mol. The van der Waals surface area contributed by atoms with Gasteiger partial charge in [-0.1, -0.05) is 12.1 Å². The largest absolute Gasteiger partial charge is 0.436 e. The number of hydrogen-bond acceptors (Lipinski definition) is 4. The zero-order valence-electron chi connectivity index (χ0n) is 9.97. The molecule has 90 valence electrons. The van der Waals surface area contributed by atoms with Gasteiger partial charge in [0.05, 0.1) is 5.56 Å². The molecule has 4 nitrogen and oxygen atoms in total. The van der Waals surface area contributed by atoms with E-state index in [0.717, 1.165) is 16.6 Å². The van der Waals surface area contributed by atoms with Crippen LogP contribution in [0.25, 0.3) is 22.6 Å². The van der Waals surface area contributed by atoms with Crippen LogP contribution < -0.4 is 11.5 Å². The number of para-hydroxylation sites is 1. The molecule has 1 aromatic heterocycles. The van der Waals surface area contributed by atoms with Gasteiger partial charge < -0.3 is 15.9 Å². The summed E-state index contributed by atoms with van der Waals surface area (Å²) in [7, 11) is 0. The molecule has 3 aromatic rings. The zero-order chi connectivity index (χ0) is 12.7. The van der Waals surface area contributed by atoms with Crippen molar-refractivity contribution in [3.63, 3.8) is 0 Å². The Kier molecular flexibility index (Phi) is 2.23. The van der Waals surface area contributed by atoms with Crippen LogP contribution in [0.3, 0.4) is 0 Å². The van der Waals surface area contributed by atoms with E-state index in [1.807, 2.05) is 31.2 Å². The first-order valence-corrected chi connectivity index (χ1v) is 5.66. The Morgan fingerprint density at radius 1 is 1.11 bits per heavy atom. The SMILES string of the molecule is Cc1cccc(-c2nc3cc(N)ccc3o2)c1N. The van der Waals surface area contributed by atoms with E-state index in [0.29, 0.717) is 22.8 Å². The number of rotatable bonds is 1. The highest BCUT2D eigenvalue weighted by molar-refractivity contribution is 5.82. The van der Waals surface area contributed by atoms with Crippen molar-refractivity contribution >= 4 is 22.5 Å². The van der Waals surface area contributed by atoms with Crippen LogP contribution in [0, 0.1) is 6.92 Å². The zero-order valence-corrected chi connectivity index (χ0v) is 9.97. The van der Waals surface area contributed by atoms with Crippen LogP contribution in [-0.2, 0) is 0 Å². The quantitative estimate of drug-likeness (QED) is 0.640. The highest BCUT2D eigenvalue weighted by Crippen LogP contribution is 2.30. The first kappa shape index (κ1) is 10.7. The molecule has 3 rings (SSSR count). The summed E-state index contributed by atoms with van der Waals surface area (Å²) in [5, 5.41) is 0. The Labute approximate surface area is 104 Å². The minimum atomic E-state index is 0.525. The topological polar surface area (TPSA) is 78.1 Å². The van der Waals surface area contributed by atoms with Crippen molar-refractivity contribution in [3.05, 3.63) is 42.0 Å². The second-order valence-electron chi connectivity index (χ2n) is 4.28. The maximum Gasteiger partial charge on any atom is 0.229 e. The van der Waals surface area contributed by atoms with Gasteiger partial charge in [-0.3, -0.25) is 0 Å². The highest BCUT2D eigenvalue weighted by atomic mass is 16.3. The lowest BCUT2D eigenvalue weighted by Crippen LogP contribution is -1.93. The molecule has 0 aliphatic rings. The lowest BCUT2D eigenvalue weighted by molar-refractivity contribution is 0.620. The van der Waals surface area contributed by atoms with Crippen molar-refractivity contribution in [1.29, 1.82) is 0 Å². The lowest BCUT2D eigenvalue weighted by Gasteiger charge is -2.03. The second kappa shape index (κ2) is 3.77. The molecule has 0 aliphatic carbocycles. The molecule has 4 heteroatoms. The van der Waals surface area contributed by atoms with Crippen LogP contribution in [-0.4, -0.2) is 4.98 Å². The predicted octanol–water partition coefficient (Wildman–Crippen LogP) is 2.97. The Morgan fingerprint density at radius 2 is 1.94 bits per heavy atom. The Balaban J connectivity index is 2.22. The number of benzene rings is 2. The van der Waals surface area contributed by atoms with E-state index in [9.17, 15) is 0 Å². The van der Waals surface area contributed by atoms with Crippen molar-refractivity contribution in [2.24, 2.45) is 0 Å². The van der Waals surface area contributed by atoms with Gasteiger partial charge in [0.1, 0.15) is 5.52 Å². The maximum atomic E-state index is 6.04. The number of aromatic nitrogens is 1. The molecule has 0 unspecified atom stereocenters. The van der Waals surface area contributed by atoms with Gasteiger partial charge in [-0.2, -0.15) is 0 Å². The minimum absolute atomic E-state index is 0.525. The molecule has 0 saturated carbocycles. The molecule has 0 bridgehead atoms. The van der Waals surface area contributed by atoms with Gasteiger partial charge in [-0.05, 0) is 36.8 Å². The fraction of sp³-hybridized carbons (Fsp3) is 0.0714. The summed E-state index contributed by atoms with van der Waals surface area (Å²) in [6.07, 6.45) is 0. The average Bonchev–Trinajstić information content (AvgIpc) is 2.75. The fourth-order valence-corrected chi connectivity index (χ4v) is 1.93. The Bertz CT molecular complexity index is 731. The molecular weight excluding hydrogens is 226 g/mol. The van der Waals surface area contributed by atoms with E-state index in [4.69, 9.17) is 15.9 Å². The molecule has 0 radical (unpaired) electrons. The van der Waals surface area contributed by atoms with Gasteiger partial charge in [-0.25, -0.2) is 4.98 Å². The molecule has 18 heavy (non-hydrogen) atoms. The van der Waals surface area contributed by atoms with E-state index in [-0.39, 0.29) is 0 Å². The number of anilines is 2. The summed E-state index contributed by atoms with van der Waals surface area (Å²) in [6.45, 7) is 1.96. The Hall–Kier alpha value is -2.49. The third-order valence-corrected chi connectivity index (χ3v) is 2.97. The van der Waals surface area contributed by atoms with Crippen molar-refractivity contribution in [1.82, 2.24) is 4.98 Å². The third-order valence-electron chi connectivity index (χ3n) is 2.97. The van der Waals surface area contributed by atoms with Gasteiger partial charge in [0.2, 0.25) is 5.89 Å². The van der Waals surface area contributed by atoms with E-state index >= 15 is 0 Å². The lowest BCUT2D eigenvalue weighted by atomic mass is 10.1. The van der Waals surface area contributed by atoms with E-state index < -0.39 is 0 Å². The van der Waals surface area contributed by atoms with Crippen LogP contribution in [0.5, 0.6) is 0 Å². The molecule has 0 aliphatic heterocycles. The minimum Gasteiger partial charge on any atom is -0.436 e. The Morgan fingerprint density at radius 3 is 2.78 bits per heavy atom. The van der Waals surface area contributed by atoms with E-state index in [1.165, 1.54) is 0 Å². The van der Waals surface area contributed by atoms with Crippen LogP contribution in [0.15, 0.2) is 40.8 Å². The number of fused-ring (bicyclic) bond motifs is 1. The van der Waals surface area contributed by atoms with Gasteiger partial charge in [-0.15, -0.1) is 0 Å². The number of aryl methyl sites for hydroxylation is 1. The molecule has 1 heterocycles. The van der Waals surface area contributed by atoms with Gasteiger partial charge in [0.25, 0.3) is 0 Å². The molecule has 0 spiro atoms. The van der Waals surface area contributed by atoms with Crippen molar-refractivity contribution in [2.75, 3.05) is 11.5 Å². The molecule has 0 fully saturated rings. The van der Waals surface area contributed by atoms with Gasteiger partial charge in [0.15, 0.2) is 5.58 Å². The molecule has 0 saturated heterocycles. The van der Waals surface area contributed by atoms with Gasteiger partial charge in [0, 0.05) is 11.4 Å². The van der Waals surface area contributed by atoms with Crippen molar-refractivity contribution < 1.29 is 4.42 Å². The monoisotopic (exact) mass is 239 g/mol. The maximum absolute atomic E-state index is 6.04. The van der Waals surface area contributed by atoms with Crippen molar-refractivity contribution in [3.8, 4) is 11.5 Å². The first-order chi connectivity index (χ1) is 8.65. The second-order valence-corrected chi connectivity index (χ2v) is 4.28. The normalized spacial score (nSPS) is 10.9. The molecule has 4 N–H and O–H groups in total. The summed E-state index contributed by atoms with van der Waals surface area (Å²) in [4.78, 5) is 4.42. The number of nitrogens with two attached hydrogens (primary N) is 2. The molecule has 0 amide bonds. The van der Waals surface area contributed by atoms with Crippen molar-refractivity contribution in [2.45, 2.75) is 6.92 Å². The standard InChI is InChI=1S/C14H13N3O/c1-8-3-2-4-10(13(8)16)14-17-11-7-9(15)5-6-12(11)18-14/h2-7H,15-16H2,1H3. The fourth-order valence-electron chi connectivity index (χ4n) is 1.93. The van der Waals surface area contributed by atoms with Crippen LogP contribution >= 0.6 is 0 Å². The van der Waals surface area contributed by atoms with Crippen LogP contribution in [0.1, 0.15) is 5.56 Å². The summed E-state index contributed by atoms with van der Waals surface area (Å²) in [6, 6.07) is 11.2. The number of hydrogen-bond donors (Lipinski definition) is 2. The first-order valence-electron chi connectivity index (χ1n) is 5.66. The smallest absolute Gasteiger partial charge is 0.229 e. The average molecular weight is 239 g/mol. The molecule has 0 atom stereocenters. The number of nitrogen functional groups attached to an aromatic ring is 2. The summed E-state index contributed by atoms with van der Waals surface area (Å²) < 4.78 is 5.70. The summed E-state index contributed by atoms with van der Waals surface area (Å²) in [5.41, 5.74) is 16.4. The van der Waals surface area contributed by atoms with Crippen LogP contribution in [0.2, 0.25) is 0 Å². The highest BCUT2D eigenvalue weighted by Gasteiger charge is 2.11. The van der Waals surface area contributed by atoms with Gasteiger partial charge >= 0.3 is 0 Å². The summed E-state index contributed by atoms with van der Waals surface area (Å²) >= 11 is 0.